The van der Waals surface area contributed by atoms with Crippen LogP contribution in [0.2, 0.25) is 0 Å². The van der Waals surface area contributed by atoms with Gasteiger partial charge < -0.3 is 0 Å². The lowest BCUT2D eigenvalue weighted by Gasteiger charge is -2.11. The average Bonchev–Trinajstić information content (AvgIpc) is 2.99. The number of nitrogens with zero attached hydrogens (tertiary/aromatic N) is 3. The molecule has 0 unspecified atom stereocenters. The quantitative estimate of drug-likeness (QED) is 0.754. The first-order valence-electron chi connectivity index (χ1n) is 7.29. The van der Waals surface area contributed by atoms with Crippen molar-refractivity contribution in [2.45, 2.75) is 18.0 Å². The van der Waals surface area contributed by atoms with Gasteiger partial charge in [-0.15, -0.1) is 0 Å². The minimum absolute atomic E-state index is 0.0451. The Kier molecular flexibility index (Phi) is 4.32. The van der Waals surface area contributed by atoms with Crippen LogP contribution in [0.4, 0.5) is 13.2 Å². The van der Waals surface area contributed by atoms with E-state index in [1.807, 2.05) is 0 Å². The van der Waals surface area contributed by atoms with E-state index in [1.165, 1.54) is 30.5 Å². The molecule has 0 aliphatic rings. The van der Waals surface area contributed by atoms with Gasteiger partial charge in [0.05, 0.1) is 5.69 Å². The van der Waals surface area contributed by atoms with Crippen LogP contribution in [0.5, 0.6) is 0 Å². The monoisotopic (exact) mass is 382 g/mol. The minimum atomic E-state index is -4.71. The van der Waals surface area contributed by atoms with E-state index in [2.05, 4.69) is 9.97 Å². The average molecular weight is 382 g/mol. The van der Waals surface area contributed by atoms with E-state index in [1.54, 1.807) is 19.1 Å². The van der Waals surface area contributed by atoms with Crippen LogP contribution in [-0.2, 0) is 16.2 Å². The predicted octanol–water partition coefficient (Wildman–Crippen LogP) is 2.91. The highest BCUT2D eigenvalue weighted by molar-refractivity contribution is 7.89. The molecule has 26 heavy (non-hydrogen) atoms. The molecule has 0 bridgehead atoms. The molecule has 1 aromatic carbocycles. The Bertz CT molecular complexity index is 1080. The van der Waals surface area contributed by atoms with Gasteiger partial charge in [-0.05, 0) is 36.8 Å². The van der Waals surface area contributed by atoms with Crippen LogP contribution in [0.3, 0.4) is 0 Å². The number of halogens is 3. The maximum atomic E-state index is 13.2. The molecule has 0 aliphatic carbocycles. The zero-order chi connectivity index (χ0) is 19.1. The lowest BCUT2D eigenvalue weighted by atomic mass is 10.2. The molecule has 3 aromatic rings. The number of pyridine rings is 1. The molecule has 0 fully saturated rings. The Morgan fingerprint density at radius 3 is 2.46 bits per heavy atom. The number of hydrogen-bond acceptors (Lipinski definition) is 4. The van der Waals surface area contributed by atoms with Crippen LogP contribution in [0.25, 0.3) is 17.2 Å². The van der Waals surface area contributed by atoms with Crippen LogP contribution in [0.1, 0.15) is 11.3 Å². The molecule has 2 N–H and O–H groups in total. The number of imidazole rings is 1. The third-order valence-corrected chi connectivity index (χ3v) is 4.53. The van der Waals surface area contributed by atoms with E-state index in [0.29, 0.717) is 0 Å². The number of nitrogens with two attached hydrogens (primary N) is 1. The number of para-hydroxylation sites is 1. The maximum Gasteiger partial charge on any atom is 0.434 e. The van der Waals surface area contributed by atoms with Crippen LogP contribution in [0.15, 0.2) is 53.7 Å². The second kappa shape index (κ2) is 6.22. The van der Waals surface area contributed by atoms with Gasteiger partial charge in [-0.2, -0.15) is 13.2 Å². The van der Waals surface area contributed by atoms with E-state index >= 15 is 0 Å². The molecule has 10 heteroatoms. The van der Waals surface area contributed by atoms with Crippen molar-refractivity contribution >= 4 is 10.0 Å². The van der Waals surface area contributed by atoms with E-state index < -0.39 is 21.9 Å². The summed E-state index contributed by atoms with van der Waals surface area (Å²) >= 11 is 0. The molecule has 6 nitrogen and oxygen atoms in total. The Hall–Kier alpha value is -2.72. The van der Waals surface area contributed by atoms with Crippen molar-refractivity contribution in [2.24, 2.45) is 5.14 Å². The smallest absolute Gasteiger partial charge is 0.296 e. The topological polar surface area (TPSA) is 90.9 Å². The van der Waals surface area contributed by atoms with Gasteiger partial charge in [0.25, 0.3) is 0 Å². The molecule has 0 atom stereocenters. The van der Waals surface area contributed by atoms with Crippen molar-refractivity contribution in [3.05, 3.63) is 60.0 Å². The number of hydrogen-bond donors (Lipinski definition) is 1. The summed E-state index contributed by atoms with van der Waals surface area (Å²) in [5.74, 6) is -0.142. The number of aryl methyl sites for hydroxylation is 1. The second-order valence-corrected chi connectivity index (χ2v) is 7.08. The summed E-state index contributed by atoms with van der Waals surface area (Å²) in [6.45, 7) is 1.75. The van der Waals surface area contributed by atoms with E-state index in [-0.39, 0.29) is 22.1 Å². The van der Waals surface area contributed by atoms with Gasteiger partial charge in [0.15, 0.2) is 11.5 Å². The van der Waals surface area contributed by atoms with Gasteiger partial charge >= 0.3 is 6.18 Å². The largest absolute Gasteiger partial charge is 0.434 e. The first-order valence-corrected chi connectivity index (χ1v) is 8.84. The Morgan fingerprint density at radius 1 is 1.15 bits per heavy atom. The maximum absolute atomic E-state index is 13.2. The molecule has 0 amide bonds. The molecular weight excluding hydrogens is 369 g/mol. The Labute approximate surface area is 147 Å². The molecule has 0 spiro atoms. The highest BCUT2D eigenvalue weighted by Crippen LogP contribution is 2.33. The van der Waals surface area contributed by atoms with Crippen molar-refractivity contribution in [2.75, 3.05) is 0 Å². The van der Waals surface area contributed by atoms with Crippen molar-refractivity contribution in [3.8, 4) is 17.2 Å². The summed E-state index contributed by atoms with van der Waals surface area (Å²) in [7, 11) is -4.17. The van der Waals surface area contributed by atoms with Gasteiger partial charge in [0.2, 0.25) is 10.0 Å². The summed E-state index contributed by atoms with van der Waals surface area (Å²) in [6.07, 6.45) is -2.55. The normalized spacial score (nSPS) is 12.3. The Balaban J connectivity index is 2.34. The van der Waals surface area contributed by atoms with Gasteiger partial charge in [-0.3, -0.25) is 9.55 Å². The van der Waals surface area contributed by atoms with Crippen LogP contribution in [0, 0.1) is 6.92 Å². The third-order valence-electron chi connectivity index (χ3n) is 3.57. The minimum Gasteiger partial charge on any atom is -0.296 e. The standard InChI is InChI=1S/C16H13F3N4O2S/c1-10-6-7-21-11(8-10)15-22-14(16(17,18)19)9-23(15)12-4-2-3-5-13(12)26(20,24)25/h2-9H,1H3,(H2,20,24,25). The summed E-state index contributed by atoms with van der Waals surface area (Å²) in [6, 6.07) is 8.71. The summed E-state index contributed by atoms with van der Waals surface area (Å²) < 4.78 is 64.3. The molecule has 0 aliphatic heterocycles. The highest BCUT2D eigenvalue weighted by Gasteiger charge is 2.36. The van der Waals surface area contributed by atoms with Crippen molar-refractivity contribution in [1.29, 1.82) is 0 Å². The first kappa shape index (κ1) is 18.1. The summed E-state index contributed by atoms with van der Waals surface area (Å²) in [4.78, 5) is 7.36. The summed E-state index contributed by atoms with van der Waals surface area (Å²) in [5.41, 5.74) is -0.279. The lowest BCUT2D eigenvalue weighted by Crippen LogP contribution is -2.15. The van der Waals surface area contributed by atoms with Crippen LogP contribution >= 0.6 is 0 Å². The molecule has 0 radical (unpaired) electrons. The van der Waals surface area contributed by atoms with Crippen LogP contribution < -0.4 is 5.14 Å². The zero-order valence-electron chi connectivity index (χ0n) is 13.4. The Morgan fingerprint density at radius 2 is 1.85 bits per heavy atom. The third kappa shape index (κ3) is 3.46. The van der Waals surface area contributed by atoms with Gasteiger partial charge in [-0.25, -0.2) is 18.5 Å². The van der Waals surface area contributed by atoms with Crippen molar-refractivity contribution < 1.29 is 21.6 Å². The molecular formula is C16H13F3N4O2S. The first-order chi connectivity index (χ1) is 12.1. The fraction of sp³-hybridized carbons (Fsp3) is 0.125. The number of sulfonamides is 1. The molecule has 0 saturated carbocycles. The number of aromatic nitrogens is 3. The molecule has 0 saturated heterocycles. The fourth-order valence-electron chi connectivity index (χ4n) is 2.44. The predicted molar refractivity (Wildman–Crippen MR) is 87.9 cm³/mol. The molecule has 2 aromatic heterocycles. The van der Waals surface area contributed by atoms with Crippen LogP contribution in [-0.4, -0.2) is 23.0 Å². The lowest BCUT2D eigenvalue weighted by molar-refractivity contribution is -0.140. The van der Waals surface area contributed by atoms with E-state index in [0.717, 1.165) is 16.3 Å². The second-order valence-electron chi connectivity index (χ2n) is 5.55. The zero-order valence-corrected chi connectivity index (χ0v) is 14.2. The van der Waals surface area contributed by atoms with E-state index in [4.69, 9.17) is 5.14 Å². The molecule has 2 heterocycles. The molecule has 3 rings (SSSR count). The molecule has 136 valence electrons. The van der Waals surface area contributed by atoms with Gasteiger partial charge in [-0.1, -0.05) is 12.1 Å². The van der Waals surface area contributed by atoms with E-state index in [9.17, 15) is 21.6 Å². The van der Waals surface area contributed by atoms with Gasteiger partial charge in [0.1, 0.15) is 10.6 Å². The number of primary sulfonamides is 1. The SMILES string of the molecule is Cc1ccnc(-c2nc(C(F)(F)F)cn2-c2ccccc2S(N)(=O)=O)c1. The fourth-order valence-corrected chi connectivity index (χ4v) is 3.16. The van der Waals surface area contributed by atoms with Crippen molar-refractivity contribution in [3.63, 3.8) is 0 Å². The van der Waals surface area contributed by atoms with Gasteiger partial charge in [0, 0.05) is 12.4 Å². The highest BCUT2D eigenvalue weighted by atomic mass is 32.2. The number of rotatable bonds is 3. The number of alkyl halides is 3. The summed E-state index contributed by atoms with van der Waals surface area (Å²) in [5, 5.41) is 5.20. The number of benzene rings is 1. The van der Waals surface area contributed by atoms with Crippen molar-refractivity contribution in [1.82, 2.24) is 14.5 Å².